The highest BCUT2D eigenvalue weighted by atomic mass is 16.5. The summed E-state index contributed by atoms with van der Waals surface area (Å²) in [5.74, 6) is -0.868. The molecular weight excluding hydrogens is 270 g/mol. The summed E-state index contributed by atoms with van der Waals surface area (Å²) in [6, 6.07) is 8.55. The molecule has 21 heavy (non-hydrogen) atoms. The van der Waals surface area contributed by atoms with E-state index < -0.39 is 11.7 Å². The second-order valence-corrected chi connectivity index (χ2v) is 4.48. The molecule has 0 radical (unpaired) electrons. The van der Waals surface area contributed by atoms with E-state index in [-0.39, 0.29) is 5.69 Å². The normalized spacial score (nSPS) is 10.2. The molecule has 0 saturated heterocycles. The zero-order valence-corrected chi connectivity index (χ0v) is 11.5. The molecule has 2 aromatic rings. The van der Waals surface area contributed by atoms with Crippen LogP contribution in [0.5, 0.6) is 11.5 Å². The first-order valence-electron chi connectivity index (χ1n) is 6.29. The third-order valence-corrected chi connectivity index (χ3v) is 2.89. The van der Waals surface area contributed by atoms with E-state index in [4.69, 9.17) is 16.2 Å². The number of rotatable bonds is 5. The highest BCUT2D eigenvalue weighted by Crippen LogP contribution is 2.25. The molecule has 0 aliphatic carbocycles. The van der Waals surface area contributed by atoms with Crippen LogP contribution in [0.15, 0.2) is 36.5 Å². The fourth-order valence-corrected chi connectivity index (χ4v) is 1.80. The van der Waals surface area contributed by atoms with Crippen molar-refractivity contribution in [1.82, 2.24) is 4.98 Å². The van der Waals surface area contributed by atoms with E-state index in [2.05, 4.69) is 4.98 Å². The number of benzene rings is 1. The summed E-state index contributed by atoms with van der Waals surface area (Å²) in [7, 11) is 0. The highest BCUT2D eigenvalue weighted by molar-refractivity contribution is 6.41. The van der Waals surface area contributed by atoms with Crippen LogP contribution in [0.2, 0.25) is 0 Å². The number of nitrogens with zero attached hydrogens (tertiary/aromatic N) is 1. The molecule has 1 aromatic carbocycles. The van der Waals surface area contributed by atoms with Gasteiger partial charge in [0.15, 0.2) is 0 Å². The maximum Gasteiger partial charge on any atom is 0.291 e. The molecule has 1 heterocycles. The number of ketones is 1. The standard InChI is InChI=1S/C15H15N3O3/c1-9-6-10(8-16)2-3-13(9)21-11-4-5-18-12(7-11)14(19)15(17)20/h2-7H,8,16H2,1H3,(H2,17,20). The van der Waals surface area contributed by atoms with Gasteiger partial charge in [0.2, 0.25) is 0 Å². The molecule has 1 aromatic heterocycles. The minimum absolute atomic E-state index is 0.0452. The largest absolute Gasteiger partial charge is 0.457 e. The van der Waals surface area contributed by atoms with Gasteiger partial charge >= 0.3 is 0 Å². The summed E-state index contributed by atoms with van der Waals surface area (Å²) in [6.07, 6.45) is 1.38. The van der Waals surface area contributed by atoms with Gasteiger partial charge in [0.25, 0.3) is 11.7 Å². The van der Waals surface area contributed by atoms with Crippen LogP contribution < -0.4 is 16.2 Å². The van der Waals surface area contributed by atoms with Gasteiger partial charge in [-0.2, -0.15) is 0 Å². The average molecular weight is 285 g/mol. The van der Waals surface area contributed by atoms with Gasteiger partial charge in [-0.05, 0) is 30.2 Å². The van der Waals surface area contributed by atoms with Crippen molar-refractivity contribution >= 4 is 11.7 Å². The third-order valence-electron chi connectivity index (χ3n) is 2.89. The summed E-state index contributed by atoms with van der Waals surface area (Å²) in [4.78, 5) is 26.2. The summed E-state index contributed by atoms with van der Waals surface area (Å²) < 4.78 is 5.69. The minimum Gasteiger partial charge on any atom is -0.457 e. The summed E-state index contributed by atoms with van der Waals surface area (Å²) in [6.45, 7) is 2.35. The lowest BCUT2D eigenvalue weighted by molar-refractivity contribution is -0.114. The number of carbonyl (C=O) groups excluding carboxylic acids is 2. The van der Waals surface area contributed by atoms with Gasteiger partial charge in [0, 0.05) is 18.8 Å². The van der Waals surface area contributed by atoms with E-state index in [0.717, 1.165) is 11.1 Å². The van der Waals surface area contributed by atoms with E-state index >= 15 is 0 Å². The first kappa shape index (κ1) is 14.7. The smallest absolute Gasteiger partial charge is 0.291 e. The molecular formula is C15H15N3O3. The summed E-state index contributed by atoms with van der Waals surface area (Å²) in [5, 5.41) is 0. The molecule has 2 rings (SSSR count). The molecule has 0 fully saturated rings. The van der Waals surface area contributed by atoms with Crippen molar-refractivity contribution in [3.8, 4) is 11.5 Å². The number of Topliss-reactive ketones (excluding diaryl/α,β-unsaturated/α-hetero) is 1. The molecule has 0 aliphatic heterocycles. The molecule has 6 nitrogen and oxygen atoms in total. The fraction of sp³-hybridized carbons (Fsp3) is 0.133. The predicted molar refractivity (Wildman–Crippen MR) is 76.9 cm³/mol. The second kappa shape index (κ2) is 6.15. The molecule has 0 aliphatic rings. The number of aromatic nitrogens is 1. The van der Waals surface area contributed by atoms with Crippen molar-refractivity contribution in [2.45, 2.75) is 13.5 Å². The molecule has 1 amide bonds. The summed E-state index contributed by atoms with van der Waals surface area (Å²) in [5.41, 5.74) is 12.4. The molecule has 0 saturated carbocycles. The fourth-order valence-electron chi connectivity index (χ4n) is 1.80. The lowest BCUT2D eigenvalue weighted by Gasteiger charge is -2.10. The molecule has 0 spiro atoms. The monoisotopic (exact) mass is 285 g/mol. The Bertz CT molecular complexity index is 698. The molecule has 6 heteroatoms. The Morgan fingerprint density at radius 1 is 1.24 bits per heavy atom. The van der Waals surface area contributed by atoms with Gasteiger partial charge < -0.3 is 16.2 Å². The number of ether oxygens (including phenoxy) is 1. The Morgan fingerprint density at radius 2 is 2.00 bits per heavy atom. The zero-order chi connectivity index (χ0) is 15.4. The topological polar surface area (TPSA) is 108 Å². The van der Waals surface area contributed by atoms with E-state index in [0.29, 0.717) is 18.0 Å². The number of hydrogen-bond acceptors (Lipinski definition) is 5. The first-order valence-corrected chi connectivity index (χ1v) is 6.29. The third kappa shape index (κ3) is 3.43. The minimum atomic E-state index is -1.05. The van der Waals surface area contributed by atoms with Crippen LogP contribution in [-0.2, 0) is 11.3 Å². The van der Waals surface area contributed by atoms with Crippen molar-refractivity contribution in [2.24, 2.45) is 11.5 Å². The van der Waals surface area contributed by atoms with E-state index in [9.17, 15) is 9.59 Å². The van der Waals surface area contributed by atoms with Crippen LogP contribution in [0.25, 0.3) is 0 Å². The van der Waals surface area contributed by atoms with Crippen LogP contribution in [0.1, 0.15) is 21.6 Å². The van der Waals surface area contributed by atoms with Crippen molar-refractivity contribution in [3.63, 3.8) is 0 Å². The number of hydrogen-bond donors (Lipinski definition) is 2. The lowest BCUT2D eigenvalue weighted by atomic mass is 10.1. The number of pyridine rings is 1. The van der Waals surface area contributed by atoms with Crippen LogP contribution in [0.3, 0.4) is 0 Å². The Morgan fingerprint density at radius 3 is 2.62 bits per heavy atom. The quantitative estimate of drug-likeness (QED) is 0.636. The van der Waals surface area contributed by atoms with Crippen molar-refractivity contribution < 1.29 is 14.3 Å². The molecule has 0 bridgehead atoms. The zero-order valence-electron chi connectivity index (χ0n) is 11.5. The number of nitrogens with two attached hydrogens (primary N) is 2. The maximum atomic E-state index is 11.5. The van der Waals surface area contributed by atoms with Gasteiger partial charge in [0.05, 0.1) is 0 Å². The molecule has 0 atom stereocenters. The Balaban J connectivity index is 2.26. The van der Waals surface area contributed by atoms with Gasteiger partial charge in [0.1, 0.15) is 17.2 Å². The number of primary amides is 1. The van der Waals surface area contributed by atoms with E-state index in [1.165, 1.54) is 12.3 Å². The van der Waals surface area contributed by atoms with Crippen molar-refractivity contribution in [2.75, 3.05) is 0 Å². The Labute approximate surface area is 121 Å². The van der Waals surface area contributed by atoms with Gasteiger partial charge in [-0.3, -0.25) is 14.6 Å². The number of amides is 1. The average Bonchev–Trinajstić information content (AvgIpc) is 2.48. The molecule has 108 valence electrons. The number of carbonyl (C=O) groups is 2. The van der Waals surface area contributed by atoms with Gasteiger partial charge in [-0.15, -0.1) is 0 Å². The summed E-state index contributed by atoms with van der Waals surface area (Å²) >= 11 is 0. The predicted octanol–water partition coefficient (Wildman–Crippen LogP) is 1.31. The van der Waals surface area contributed by atoms with Crippen molar-refractivity contribution in [1.29, 1.82) is 0 Å². The Hall–Kier alpha value is -2.73. The molecule has 4 N–H and O–H groups in total. The van der Waals surface area contributed by atoms with E-state index in [1.807, 2.05) is 19.1 Å². The first-order chi connectivity index (χ1) is 10.0. The highest BCUT2D eigenvalue weighted by Gasteiger charge is 2.14. The van der Waals surface area contributed by atoms with Crippen LogP contribution in [-0.4, -0.2) is 16.7 Å². The lowest BCUT2D eigenvalue weighted by Crippen LogP contribution is -2.23. The maximum absolute atomic E-state index is 11.5. The van der Waals surface area contributed by atoms with Crippen LogP contribution in [0.4, 0.5) is 0 Å². The number of aryl methyl sites for hydroxylation is 1. The van der Waals surface area contributed by atoms with Crippen LogP contribution in [0, 0.1) is 6.92 Å². The van der Waals surface area contributed by atoms with Gasteiger partial charge in [-0.25, -0.2) is 0 Å². The van der Waals surface area contributed by atoms with E-state index in [1.54, 1.807) is 12.1 Å². The van der Waals surface area contributed by atoms with Gasteiger partial charge in [-0.1, -0.05) is 12.1 Å². The van der Waals surface area contributed by atoms with Crippen LogP contribution >= 0.6 is 0 Å². The SMILES string of the molecule is Cc1cc(CN)ccc1Oc1ccnc(C(=O)C(N)=O)c1. The Kier molecular flexibility index (Phi) is 4.30. The second-order valence-electron chi connectivity index (χ2n) is 4.48. The van der Waals surface area contributed by atoms with Crippen molar-refractivity contribution in [3.05, 3.63) is 53.3 Å². The molecule has 0 unspecified atom stereocenters.